The van der Waals surface area contributed by atoms with Crippen molar-refractivity contribution in [2.75, 3.05) is 13.1 Å². The maximum absolute atomic E-state index is 4.85. The monoisotopic (exact) mass is 230 g/mol. The Morgan fingerprint density at radius 2 is 1.76 bits per heavy atom. The Morgan fingerprint density at radius 3 is 2.41 bits per heavy atom. The minimum atomic E-state index is 0. The Labute approximate surface area is 119 Å². The summed E-state index contributed by atoms with van der Waals surface area (Å²) >= 11 is 0. The molecule has 0 aromatic rings. The summed E-state index contributed by atoms with van der Waals surface area (Å²) in [5, 5.41) is 8.45. The summed E-state index contributed by atoms with van der Waals surface area (Å²) in [6.45, 7) is 8.92. The zero-order chi connectivity index (χ0) is 11.6. The molecule has 3 unspecified atom stereocenters. The van der Waals surface area contributed by atoms with Crippen LogP contribution in [0.4, 0.5) is 0 Å². The van der Waals surface area contributed by atoms with Crippen LogP contribution in [0.1, 0.15) is 52.9 Å². The second kappa shape index (κ2) is 6.62. The smallest absolute Gasteiger partial charge is 0.658 e. The molecule has 2 aliphatic rings. The van der Waals surface area contributed by atoms with Gasteiger partial charge in [0.1, 0.15) is 0 Å². The average Bonchev–Trinajstić information content (AvgIpc) is 2.25. The van der Waals surface area contributed by atoms with Gasteiger partial charge in [0, 0.05) is 5.54 Å². The van der Waals surface area contributed by atoms with E-state index in [9.17, 15) is 0 Å². The molecule has 1 saturated carbocycles. The van der Waals surface area contributed by atoms with Gasteiger partial charge in [-0.3, -0.25) is 0 Å². The quantitative estimate of drug-likeness (QED) is 0.680. The van der Waals surface area contributed by atoms with Gasteiger partial charge < -0.3 is 10.6 Å². The summed E-state index contributed by atoms with van der Waals surface area (Å²) in [6.07, 6.45) is 7.15. The van der Waals surface area contributed by atoms with E-state index in [2.05, 4.69) is 26.1 Å². The first-order chi connectivity index (χ1) is 7.54. The molecule has 3 heteroatoms. The summed E-state index contributed by atoms with van der Waals surface area (Å²) < 4.78 is 0. The van der Waals surface area contributed by atoms with Crippen molar-refractivity contribution >= 4 is 0 Å². The third-order valence-corrected chi connectivity index (χ3v) is 4.11. The summed E-state index contributed by atoms with van der Waals surface area (Å²) in [5.41, 5.74) is 0.235. The van der Waals surface area contributed by atoms with Crippen molar-refractivity contribution in [1.82, 2.24) is 5.32 Å². The third kappa shape index (κ3) is 4.95. The number of hydrogen-bond donors (Lipinski definition) is 1. The zero-order valence-corrected chi connectivity index (χ0v) is 12.1. The van der Waals surface area contributed by atoms with Crippen molar-refractivity contribution in [1.29, 1.82) is 0 Å². The van der Waals surface area contributed by atoms with Gasteiger partial charge in [0.05, 0.1) is 0 Å². The van der Waals surface area contributed by atoms with Gasteiger partial charge in [-0.25, -0.2) is 0 Å². The fourth-order valence-corrected chi connectivity index (χ4v) is 3.12. The van der Waals surface area contributed by atoms with Crippen LogP contribution in [0.5, 0.6) is 0 Å². The summed E-state index contributed by atoms with van der Waals surface area (Å²) in [5.74, 6) is 1.91. The van der Waals surface area contributed by atoms with Gasteiger partial charge in [0.2, 0.25) is 0 Å². The molecular weight excluding hydrogens is 203 g/mol. The van der Waals surface area contributed by atoms with Crippen LogP contribution in [-0.2, 0) is 0 Å². The van der Waals surface area contributed by atoms with Gasteiger partial charge in [-0.1, -0.05) is 38.0 Å². The Bertz CT molecular complexity index is 225. The molecule has 0 bridgehead atoms. The Kier molecular flexibility index (Phi) is 6.06. The predicted octanol–water partition coefficient (Wildman–Crippen LogP) is 0.331. The molecule has 0 aromatic carbocycles. The summed E-state index contributed by atoms with van der Waals surface area (Å²) in [7, 11) is 0. The molecular formula is C14H27LiN2. The second-order valence-electron chi connectivity index (χ2n) is 6.69. The van der Waals surface area contributed by atoms with E-state index in [1.165, 1.54) is 32.1 Å². The molecule has 0 radical (unpaired) electrons. The van der Waals surface area contributed by atoms with E-state index >= 15 is 0 Å². The molecule has 1 aliphatic heterocycles. The maximum Gasteiger partial charge on any atom is 1.00 e. The topological polar surface area (TPSA) is 26.1 Å². The molecule has 1 saturated heterocycles. The summed E-state index contributed by atoms with van der Waals surface area (Å²) in [4.78, 5) is 0. The predicted molar refractivity (Wildman–Crippen MR) is 69.8 cm³/mol. The van der Waals surface area contributed by atoms with Crippen LogP contribution in [-0.4, -0.2) is 24.7 Å². The SMILES string of the molecule is CC(C)(C)NCC1CC2CCCCC2C[N-]1.[Li+]. The number of piperidine rings is 1. The largest absolute Gasteiger partial charge is 1.00 e. The van der Waals surface area contributed by atoms with Crippen LogP contribution >= 0.6 is 0 Å². The van der Waals surface area contributed by atoms with Crippen molar-refractivity contribution in [3.05, 3.63) is 5.32 Å². The number of nitrogens with zero attached hydrogens (tertiary/aromatic N) is 1. The third-order valence-electron chi connectivity index (χ3n) is 4.11. The van der Waals surface area contributed by atoms with Crippen molar-refractivity contribution in [3.8, 4) is 0 Å². The van der Waals surface area contributed by atoms with Crippen LogP contribution in [0.2, 0.25) is 0 Å². The van der Waals surface area contributed by atoms with E-state index in [4.69, 9.17) is 5.32 Å². The molecule has 1 heterocycles. The van der Waals surface area contributed by atoms with E-state index in [-0.39, 0.29) is 24.4 Å². The van der Waals surface area contributed by atoms with E-state index in [1.54, 1.807) is 0 Å². The van der Waals surface area contributed by atoms with Gasteiger partial charge in [-0.05, 0) is 33.2 Å². The molecule has 2 rings (SSSR count). The zero-order valence-electron chi connectivity index (χ0n) is 12.1. The molecule has 0 spiro atoms. The molecule has 0 amide bonds. The van der Waals surface area contributed by atoms with E-state index in [0.29, 0.717) is 6.04 Å². The average molecular weight is 230 g/mol. The maximum atomic E-state index is 4.85. The van der Waals surface area contributed by atoms with Crippen molar-refractivity contribution in [3.63, 3.8) is 0 Å². The minimum absolute atomic E-state index is 0. The molecule has 2 nitrogen and oxygen atoms in total. The normalized spacial score (nSPS) is 33.7. The molecule has 1 N–H and O–H groups in total. The number of fused-ring (bicyclic) bond motifs is 1. The summed E-state index contributed by atoms with van der Waals surface area (Å²) in [6, 6.07) is 0.582. The number of rotatable bonds is 2. The number of nitrogens with one attached hydrogen (secondary N) is 1. The Morgan fingerprint density at radius 1 is 1.12 bits per heavy atom. The molecule has 1 aliphatic carbocycles. The van der Waals surface area contributed by atoms with E-state index in [1.807, 2.05) is 0 Å². The van der Waals surface area contributed by atoms with Gasteiger partial charge in [0.15, 0.2) is 0 Å². The Hall–Kier alpha value is 0.517. The first-order valence-electron chi connectivity index (χ1n) is 6.96. The van der Waals surface area contributed by atoms with Crippen LogP contribution in [0.3, 0.4) is 0 Å². The van der Waals surface area contributed by atoms with Crippen molar-refractivity contribution in [2.24, 2.45) is 11.8 Å². The van der Waals surface area contributed by atoms with Gasteiger partial charge in [-0.2, -0.15) is 0 Å². The van der Waals surface area contributed by atoms with E-state index in [0.717, 1.165) is 24.9 Å². The van der Waals surface area contributed by atoms with Gasteiger partial charge in [0.25, 0.3) is 0 Å². The fourth-order valence-electron chi connectivity index (χ4n) is 3.12. The Balaban J connectivity index is 0.00000144. The molecule has 94 valence electrons. The standard InChI is InChI=1S/C14H27N2.Li/c1-14(2,3)16-10-13-8-11-6-4-5-7-12(11)9-15-13;/h11-13,16H,4-10H2,1-3H3;/q-1;+1. The molecule has 17 heavy (non-hydrogen) atoms. The van der Waals surface area contributed by atoms with E-state index < -0.39 is 0 Å². The van der Waals surface area contributed by atoms with Crippen LogP contribution in [0.15, 0.2) is 0 Å². The second-order valence-corrected chi connectivity index (χ2v) is 6.69. The molecule has 2 fully saturated rings. The van der Waals surface area contributed by atoms with Crippen molar-refractivity contribution < 1.29 is 18.9 Å². The fraction of sp³-hybridized carbons (Fsp3) is 1.00. The first-order valence-corrected chi connectivity index (χ1v) is 6.96. The molecule has 3 atom stereocenters. The van der Waals surface area contributed by atoms with Gasteiger partial charge in [-0.15, -0.1) is 12.6 Å². The minimum Gasteiger partial charge on any atom is -0.658 e. The molecule has 0 aromatic heterocycles. The van der Waals surface area contributed by atoms with Crippen LogP contribution < -0.4 is 24.2 Å². The van der Waals surface area contributed by atoms with Crippen LogP contribution in [0, 0.1) is 11.8 Å². The first kappa shape index (κ1) is 15.6. The number of hydrogen-bond acceptors (Lipinski definition) is 1. The van der Waals surface area contributed by atoms with Crippen LogP contribution in [0.25, 0.3) is 5.32 Å². The van der Waals surface area contributed by atoms with Gasteiger partial charge >= 0.3 is 18.9 Å². The van der Waals surface area contributed by atoms with Crippen molar-refractivity contribution in [2.45, 2.75) is 64.5 Å².